The third kappa shape index (κ3) is 3.67. The molecule has 0 radical (unpaired) electrons. The van der Waals surface area contributed by atoms with Crippen molar-refractivity contribution in [3.05, 3.63) is 0 Å². The number of aliphatic hydroxyl groups excluding tert-OH is 1. The van der Waals surface area contributed by atoms with Crippen molar-refractivity contribution in [2.75, 3.05) is 13.1 Å². The molecule has 2 unspecified atom stereocenters. The number of rotatable bonds is 4. The zero-order valence-corrected chi connectivity index (χ0v) is 10.2. The fourth-order valence-electron chi connectivity index (χ4n) is 2.05. The Bertz CT molecular complexity index is 304. The summed E-state index contributed by atoms with van der Waals surface area (Å²) in [5, 5.41) is 23.1. The quantitative estimate of drug-likeness (QED) is 0.525. The Morgan fingerprint density at radius 1 is 1.53 bits per heavy atom. The molecule has 17 heavy (non-hydrogen) atoms. The van der Waals surface area contributed by atoms with Crippen LogP contribution in [-0.2, 0) is 9.59 Å². The Morgan fingerprint density at radius 3 is 2.71 bits per heavy atom. The Hall–Kier alpha value is -1.14. The van der Waals surface area contributed by atoms with Crippen LogP contribution < -0.4 is 10.6 Å². The van der Waals surface area contributed by atoms with E-state index in [9.17, 15) is 9.59 Å². The Morgan fingerprint density at radius 2 is 2.18 bits per heavy atom. The summed E-state index contributed by atoms with van der Waals surface area (Å²) in [6.07, 6.45) is 0.416. The van der Waals surface area contributed by atoms with Gasteiger partial charge in [-0.05, 0) is 24.8 Å². The summed E-state index contributed by atoms with van der Waals surface area (Å²) in [6, 6.07) is -0.336. The van der Waals surface area contributed by atoms with E-state index in [1.807, 2.05) is 13.8 Å². The normalized spacial score (nSPS) is 25.0. The minimum absolute atomic E-state index is 0.156. The van der Waals surface area contributed by atoms with E-state index in [1.165, 1.54) is 0 Å². The topological polar surface area (TPSA) is 98.7 Å². The molecule has 0 spiro atoms. The molecule has 0 aromatic carbocycles. The van der Waals surface area contributed by atoms with Crippen molar-refractivity contribution in [3.8, 4) is 0 Å². The number of carbonyl (C=O) groups is 2. The molecule has 2 atom stereocenters. The maximum Gasteiger partial charge on any atom is 0.334 e. The van der Waals surface area contributed by atoms with Crippen LogP contribution in [0.4, 0.5) is 0 Å². The standard InChI is InChI=1S/C11H20N2O4/c1-11(2)4-3-5-12-8(11)9(15)13-6-7(14)10(16)17/h7-8,12,14H,3-6H2,1-2H3,(H,13,15)(H,16,17). The molecule has 0 bridgehead atoms. The number of hydrogen-bond acceptors (Lipinski definition) is 4. The molecule has 1 aliphatic rings. The van der Waals surface area contributed by atoms with Gasteiger partial charge in [-0.1, -0.05) is 13.8 Å². The van der Waals surface area contributed by atoms with Crippen molar-refractivity contribution >= 4 is 11.9 Å². The molecule has 1 aliphatic heterocycles. The second kappa shape index (κ2) is 5.46. The molecule has 1 fully saturated rings. The van der Waals surface area contributed by atoms with Crippen LogP contribution in [-0.4, -0.2) is 47.3 Å². The van der Waals surface area contributed by atoms with E-state index in [2.05, 4.69) is 10.6 Å². The zero-order chi connectivity index (χ0) is 13.1. The molecular formula is C11H20N2O4. The summed E-state index contributed by atoms with van der Waals surface area (Å²) in [4.78, 5) is 22.3. The van der Waals surface area contributed by atoms with E-state index in [4.69, 9.17) is 10.2 Å². The second-order valence-electron chi connectivity index (χ2n) is 5.08. The number of amides is 1. The van der Waals surface area contributed by atoms with Crippen LogP contribution in [0.15, 0.2) is 0 Å². The lowest BCUT2D eigenvalue weighted by atomic mass is 9.77. The lowest BCUT2D eigenvalue weighted by Gasteiger charge is -2.38. The monoisotopic (exact) mass is 244 g/mol. The summed E-state index contributed by atoms with van der Waals surface area (Å²) in [5.74, 6) is -1.59. The van der Waals surface area contributed by atoms with Crippen LogP contribution in [0.2, 0.25) is 0 Å². The smallest absolute Gasteiger partial charge is 0.334 e. The highest BCUT2D eigenvalue weighted by Gasteiger charge is 2.37. The molecule has 1 saturated heterocycles. The number of carboxylic acids is 1. The molecule has 6 nitrogen and oxygen atoms in total. The molecule has 0 aromatic rings. The van der Waals surface area contributed by atoms with Crippen molar-refractivity contribution in [3.63, 3.8) is 0 Å². The molecule has 1 rings (SSSR count). The van der Waals surface area contributed by atoms with Gasteiger partial charge in [-0.15, -0.1) is 0 Å². The number of hydrogen-bond donors (Lipinski definition) is 4. The van der Waals surface area contributed by atoms with Crippen molar-refractivity contribution in [1.29, 1.82) is 0 Å². The van der Waals surface area contributed by atoms with Gasteiger partial charge in [0.05, 0.1) is 12.6 Å². The Kier molecular flexibility index (Phi) is 4.47. The number of carbonyl (C=O) groups excluding carboxylic acids is 1. The van der Waals surface area contributed by atoms with Gasteiger partial charge in [0.2, 0.25) is 5.91 Å². The highest BCUT2D eigenvalue weighted by atomic mass is 16.4. The van der Waals surface area contributed by atoms with E-state index < -0.39 is 12.1 Å². The fraction of sp³-hybridized carbons (Fsp3) is 0.818. The lowest BCUT2D eigenvalue weighted by Crippen LogP contribution is -2.56. The van der Waals surface area contributed by atoms with Crippen molar-refractivity contribution in [1.82, 2.24) is 10.6 Å². The zero-order valence-electron chi connectivity index (χ0n) is 10.2. The summed E-state index contributed by atoms with van der Waals surface area (Å²) in [6.45, 7) is 4.51. The van der Waals surface area contributed by atoms with Crippen molar-refractivity contribution in [2.45, 2.75) is 38.8 Å². The summed E-state index contributed by atoms with van der Waals surface area (Å²) < 4.78 is 0. The van der Waals surface area contributed by atoms with Crippen LogP contribution in [0, 0.1) is 5.41 Å². The predicted molar refractivity (Wildman–Crippen MR) is 61.5 cm³/mol. The van der Waals surface area contributed by atoms with Crippen molar-refractivity contribution < 1.29 is 19.8 Å². The van der Waals surface area contributed by atoms with Gasteiger partial charge < -0.3 is 20.8 Å². The molecule has 0 aromatic heterocycles. The van der Waals surface area contributed by atoms with E-state index in [0.29, 0.717) is 0 Å². The molecule has 98 valence electrons. The summed E-state index contributed by atoms with van der Waals surface area (Å²) in [5.41, 5.74) is -0.156. The van der Waals surface area contributed by atoms with Gasteiger partial charge >= 0.3 is 5.97 Å². The predicted octanol–water partition coefficient (Wildman–Crippen LogP) is -0.674. The molecule has 1 heterocycles. The first-order chi connectivity index (χ1) is 7.84. The van der Waals surface area contributed by atoms with Gasteiger partial charge in [0, 0.05) is 0 Å². The van der Waals surface area contributed by atoms with Gasteiger partial charge in [-0.3, -0.25) is 4.79 Å². The first-order valence-corrected chi connectivity index (χ1v) is 5.76. The lowest BCUT2D eigenvalue weighted by molar-refractivity contribution is -0.146. The second-order valence-corrected chi connectivity index (χ2v) is 5.08. The Labute approximate surface area is 100 Å². The van der Waals surface area contributed by atoms with Crippen LogP contribution in [0.25, 0.3) is 0 Å². The highest BCUT2D eigenvalue weighted by Crippen LogP contribution is 2.29. The number of aliphatic hydroxyl groups is 1. The van der Waals surface area contributed by atoms with Gasteiger partial charge in [0.25, 0.3) is 0 Å². The minimum Gasteiger partial charge on any atom is -0.479 e. The number of nitrogens with one attached hydrogen (secondary N) is 2. The fourth-order valence-corrected chi connectivity index (χ4v) is 2.05. The van der Waals surface area contributed by atoms with Crippen LogP contribution >= 0.6 is 0 Å². The average Bonchev–Trinajstić information content (AvgIpc) is 2.24. The van der Waals surface area contributed by atoms with Gasteiger partial charge in [-0.2, -0.15) is 0 Å². The highest BCUT2D eigenvalue weighted by molar-refractivity contribution is 5.83. The third-order valence-corrected chi connectivity index (χ3v) is 3.14. The molecule has 6 heteroatoms. The van der Waals surface area contributed by atoms with E-state index in [1.54, 1.807) is 0 Å². The number of carboxylic acid groups (broad SMARTS) is 1. The van der Waals surface area contributed by atoms with E-state index in [-0.39, 0.29) is 23.9 Å². The Balaban J connectivity index is 2.49. The van der Waals surface area contributed by atoms with Crippen molar-refractivity contribution in [2.24, 2.45) is 5.41 Å². The first-order valence-electron chi connectivity index (χ1n) is 5.76. The maximum atomic E-state index is 11.9. The minimum atomic E-state index is -1.55. The number of aliphatic carboxylic acids is 1. The van der Waals surface area contributed by atoms with Gasteiger partial charge in [-0.25, -0.2) is 4.79 Å². The largest absolute Gasteiger partial charge is 0.479 e. The van der Waals surface area contributed by atoms with Gasteiger partial charge in [0.15, 0.2) is 6.10 Å². The molecule has 0 aliphatic carbocycles. The van der Waals surface area contributed by atoms with Crippen LogP contribution in [0.5, 0.6) is 0 Å². The van der Waals surface area contributed by atoms with E-state index in [0.717, 1.165) is 19.4 Å². The summed E-state index contributed by atoms with van der Waals surface area (Å²) >= 11 is 0. The molecular weight excluding hydrogens is 224 g/mol. The van der Waals surface area contributed by atoms with Crippen LogP contribution in [0.1, 0.15) is 26.7 Å². The van der Waals surface area contributed by atoms with Crippen LogP contribution in [0.3, 0.4) is 0 Å². The maximum absolute atomic E-state index is 11.9. The number of piperidine rings is 1. The molecule has 1 amide bonds. The van der Waals surface area contributed by atoms with E-state index >= 15 is 0 Å². The van der Waals surface area contributed by atoms with Gasteiger partial charge in [0.1, 0.15) is 0 Å². The average molecular weight is 244 g/mol. The first kappa shape index (κ1) is 13.9. The molecule has 4 N–H and O–H groups in total. The SMILES string of the molecule is CC1(C)CCCNC1C(=O)NCC(O)C(=O)O. The third-order valence-electron chi connectivity index (χ3n) is 3.14. The summed E-state index contributed by atoms with van der Waals surface area (Å²) in [7, 11) is 0. The molecule has 0 saturated carbocycles.